The predicted octanol–water partition coefficient (Wildman–Crippen LogP) is 2.71. The molecule has 1 aliphatic heterocycles. The van der Waals surface area contributed by atoms with Crippen molar-refractivity contribution in [2.45, 2.75) is 32.4 Å². The Bertz CT molecular complexity index is 903. The zero-order chi connectivity index (χ0) is 21.5. The van der Waals surface area contributed by atoms with Gasteiger partial charge in [0.15, 0.2) is 0 Å². The molecule has 2 amide bonds. The standard InChI is InChI=1S/C23H28ClN3O3/c1-16-12-18(6-7-21(16)30-2)15-27-11-10-26-23(29)20(27)14-22(28)25-9-8-17-4-3-5-19(24)13-17/h3-7,12-13,20H,8-11,14-15H2,1-2H3,(H,25,28)(H,26,29). The highest BCUT2D eigenvalue weighted by atomic mass is 35.5. The van der Waals surface area contributed by atoms with Crippen LogP contribution in [0.1, 0.15) is 23.1 Å². The minimum Gasteiger partial charge on any atom is -0.496 e. The molecular formula is C23H28ClN3O3. The van der Waals surface area contributed by atoms with E-state index in [1.165, 1.54) is 0 Å². The molecule has 1 saturated heterocycles. The Morgan fingerprint density at radius 1 is 1.27 bits per heavy atom. The molecule has 1 aliphatic rings. The Morgan fingerprint density at radius 3 is 2.83 bits per heavy atom. The Balaban J connectivity index is 1.56. The first kappa shape index (κ1) is 22.1. The average molecular weight is 430 g/mol. The summed E-state index contributed by atoms with van der Waals surface area (Å²) in [6, 6.07) is 13.1. The third-order valence-electron chi connectivity index (χ3n) is 5.29. The average Bonchev–Trinajstić information content (AvgIpc) is 2.71. The summed E-state index contributed by atoms with van der Waals surface area (Å²) >= 11 is 6.00. The van der Waals surface area contributed by atoms with Crippen molar-refractivity contribution in [3.8, 4) is 5.75 Å². The number of hydrogen-bond acceptors (Lipinski definition) is 4. The maximum absolute atomic E-state index is 12.5. The zero-order valence-corrected chi connectivity index (χ0v) is 18.2. The molecule has 2 aromatic carbocycles. The van der Waals surface area contributed by atoms with E-state index < -0.39 is 6.04 Å². The number of ether oxygens (including phenoxy) is 1. The smallest absolute Gasteiger partial charge is 0.237 e. The molecule has 0 aliphatic carbocycles. The number of benzene rings is 2. The van der Waals surface area contributed by atoms with Crippen LogP contribution in [0.25, 0.3) is 0 Å². The molecule has 1 atom stereocenters. The minimum atomic E-state index is -0.479. The largest absolute Gasteiger partial charge is 0.496 e. The van der Waals surface area contributed by atoms with E-state index >= 15 is 0 Å². The lowest BCUT2D eigenvalue weighted by molar-refractivity contribution is -0.134. The van der Waals surface area contributed by atoms with Crippen LogP contribution in [0.3, 0.4) is 0 Å². The van der Waals surface area contributed by atoms with Crippen LogP contribution in [0.4, 0.5) is 0 Å². The van der Waals surface area contributed by atoms with Crippen molar-refractivity contribution in [2.24, 2.45) is 0 Å². The van der Waals surface area contributed by atoms with E-state index in [9.17, 15) is 9.59 Å². The van der Waals surface area contributed by atoms with Gasteiger partial charge < -0.3 is 15.4 Å². The lowest BCUT2D eigenvalue weighted by Crippen LogP contribution is -2.56. The lowest BCUT2D eigenvalue weighted by atomic mass is 10.0. The Hall–Kier alpha value is -2.57. The molecule has 0 saturated carbocycles. The van der Waals surface area contributed by atoms with Crippen molar-refractivity contribution in [3.05, 3.63) is 64.2 Å². The summed E-state index contributed by atoms with van der Waals surface area (Å²) in [6.07, 6.45) is 0.828. The van der Waals surface area contributed by atoms with Gasteiger partial charge in [0.25, 0.3) is 0 Å². The van der Waals surface area contributed by atoms with Crippen LogP contribution >= 0.6 is 11.6 Å². The van der Waals surface area contributed by atoms with Gasteiger partial charge in [-0.2, -0.15) is 0 Å². The summed E-state index contributed by atoms with van der Waals surface area (Å²) in [7, 11) is 1.65. The normalized spacial score (nSPS) is 16.8. The predicted molar refractivity (Wildman–Crippen MR) is 118 cm³/mol. The number of amides is 2. The van der Waals surface area contributed by atoms with E-state index in [0.717, 1.165) is 22.4 Å². The monoisotopic (exact) mass is 429 g/mol. The highest BCUT2D eigenvalue weighted by Gasteiger charge is 2.31. The van der Waals surface area contributed by atoms with Crippen LogP contribution < -0.4 is 15.4 Å². The molecule has 30 heavy (non-hydrogen) atoms. The Labute approximate surface area is 182 Å². The second-order valence-corrected chi connectivity index (χ2v) is 7.95. The quantitative estimate of drug-likeness (QED) is 0.676. The van der Waals surface area contributed by atoms with Crippen molar-refractivity contribution in [1.29, 1.82) is 0 Å². The molecule has 0 radical (unpaired) electrons. The number of aryl methyl sites for hydroxylation is 1. The van der Waals surface area contributed by atoms with Gasteiger partial charge in [0.1, 0.15) is 5.75 Å². The van der Waals surface area contributed by atoms with E-state index in [1.54, 1.807) is 7.11 Å². The first-order chi connectivity index (χ1) is 14.5. The van der Waals surface area contributed by atoms with Gasteiger partial charge in [-0.1, -0.05) is 35.9 Å². The number of piperazine rings is 1. The van der Waals surface area contributed by atoms with E-state index in [4.69, 9.17) is 16.3 Å². The summed E-state index contributed by atoms with van der Waals surface area (Å²) in [5.74, 6) is 0.609. The second kappa shape index (κ2) is 10.5. The van der Waals surface area contributed by atoms with Gasteiger partial charge in [0.05, 0.1) is 19.6 Å². The topological polar surface area (TPSA) is 70.7 Å². The van der Waals surface area contributed by atoms with Crippen LogP contribution in [0.5, 0.6) is 5.75 Å². The summed E-state index contributed by atoms with van der Waals surface area (Å²) in [4.78, 5) is 27.0. The second-order valence-electron chi connectivity index (χ2n) is 7.52. The van der Waals surface area contributed by atoms with Crippen LogP contribution in [0, 0.1) is 6.92 Å². The molecule has 3 rings (SSSR count). The third-order valence-corrected chi connectivity index (χ3v) is 5.53. The Morgan fingerprint density at radius 2 is 2.10 bits per heavy atom. The van der Waals surface area contributed by atoms with Crippen LogP contribution in [0.15, 0.2) is 42.5 Å². The first-order valence-corrected chi connectivity index (χ1v) is 10.5. The molecule has 1 fully saturated rings. The summed E-state index contributed by atoms with van der Waals surface area (Å²) in [6.45, 7) is 4.40. The number of rotatable bonds is 8. The number of nitrogens with one attached hydrogen (secondary N) is 2. The molecule has 2 N–H and O–H groups in total. The highest BCUT2D eigenvalue weighted by Crippen LogP contribution is 2.21. The van der Waals surface area contributed by atoms with E-state index in [0.29, 0.717) is 37.6 Å². The Kier molecular flexibility index (Phi) is 7.71. The van der Waals surface area contributed by atoms with Gasteiger partial charge in [0.2, 0.25) is 11.8 Å². The number of nitrogens with zero attached hydrogens (tertiary/aromatic N) is 1. The number of hydrogen-bond donors (Lipinski definition) is 2. The van der Waals surface area contributed by atoms with Crippen molar-refractivity contribution in [3.63, 3.8) is 0 Å². The number of carbonyl (C=O) groups is 2. The fourth-order valence-corrected chi connectivity index (χ4v) is 3.95. The third kappa shape index (κ3) is 5.97. The number of carbonyl (C=O) groups excluding carboxylic acids is 2. The van der Waals surface area contributed by atoms with Crippen molar-refractivity contribution in [1.82, 2.24) is 15.5 Å². The maximum atomic E-state index is 12.5. The van der Waals surface area contributed by atoms with Gasteiger partial charge >= 0.3 is 0 Å². The SMILES string of the molecule is COc1ccc(CN2CCNC(=O)C2CC(=O)NCCc2cccc(Cl)c2)cc1C. The van der Waals surface area contributed by atoms with Crippen LogP contribution in [-0.2, 0) is 22.6 Å². The van der Waals surface area contributed by atoms with Gasteiger partial charge in [-0.25, -0.2) is 0 Å². The van der Waals surface area contributed by atoms with E-state index in [-0.39, 0.29) is 18.2 Å². The zero-order valence-electron chi connectivity index (χ0n) is 17.4. The van der Waals surface area contributed by atoms with Crippen molar-refractivity contribution < 1.29 is 14.3 Å². The van der Waals surface area contributed by atoms with Crippen LogP contribution in [0.2, 0.25) is 5.02 Å². The van der Waals surface area contributed by atoms with Gasteiger partial charge in [-0.3, -0.25) is 14.5 Å². The van der Waals surface area contributed by atoms with Crippen molar-refractivity contribution in [2.75, 3.05) is 26.7 Å². The molecule has 1 heterocycles. The fraction of sp³-hybridized carbons (Fsp3) is 0.391. The summed E-state index contributed by atoms with van der Waals surface area (Å²) < 4.78 is 5.32. The molecule has 6 nitrogen and oxygen atoms in total. The maximum Gasteiger partial charge on any atom is 0.237 e. The first-order valence-electron chi connectivity index (χ1n) is 10.1. The molecule has 0 bridgehead atoms. The molecule has 1 unspecified atom stereocenters. The summed E-state index contributed by atoms with van der Waals surface area (Å²) in [5.41, 5.74) is 3.20. The molecule has 0 aromatic heterocycles. The molecule has 2 aromatic rings. The van der Waals surface area contributed by atoms with Crippen LogP contribution in [-0.4, -0.2) is 49.5 Å². The molecule has 7 heteroatoms. The van der Waals surface area contributed by atoms with Crippen molar-refractivity contribution >= 4 is 23.4 Å². The molecule has 160 valence electrons. The summed E-state index contributed by atoms with van der Waals surface area (Å²) in [5, 5.41) is 6.48. The van der Waals surface area contributed by atoms with Gasteiger partial charge in [-0.05, 0) is 48.2 Å². The van der Waals surface area contributed by atoms with E-state index in [1.807, 2.05) is 43.3 Å². The number of methoxy groups -OCH3 is 1. The van der Waals surface area contributed by atoms with E-state index in [2.05, 4.69) is 21.6 Å². The van der Waals surface area contributed by atoms with Gasteiger partial charge in [0, 0.05) is 31.2 Å². The molecular weight excluding hydrogens is 402 g/mol. The number of halogens is 1. The lowest BCUT2D eigenvalue weighted by Gasteiger charge is -2.34. The highest BCUT2D eigenvalue weighted by molar-refractivity contribution is 6.30. The minimum absolute atomic E-state index is 0.100. The molecule has 0 spiro atoms. The fourth-order valence-electron chi connectivity index (χ4n) is 3.73. The van der Waals surface area contributed by atoms with Gasteiger partial charge in [-0.15, -0.1) is 0 Å².